The van der Waals surface area contributed by atoms with Crippen LogP contribution >= 0.6 is 12.2 Å². The van der Waals surface area contributed by atoms with Gasteiger partial charge in [-0.1, -0.05) is 12.1 Å². The van der Waals surface area contributed by atoms with Crippen molar-refractivity contribution >= 4 is 28.7 Å². The highest BCUT2D eigenvalue weighted by Gasteiger charge is 2.20. The molecular weight excluding hydrogens is 358 g/mol. The molecule has 1 aliphatic rings. The molecule has 0 unspecified atom stereocenters. The molecule has 1 saturated heterocycles. The Morgan fingerprint density at radius 2 is 1.85 bits per heavy atom. The van der Waals surface area contributed by atoms with Crippen LogP contribution in [0.1, 0.15) is 16.8 Å². The number of hydrogen-bond acceptors (Lipinski definition) is 5. The van der Waals surface area contributed by atoms with Gasteiger partial charge in [-0.05, 0) is 55.4 Å². The summed E-state index contributed by atoms with van der Waals surface area (Å²) in [5, 5.41) is 4.01. The van der Waals surface area contributed by atoms with Crippen LogP contribution in [-0.4, -0.2) is 48.3 Å². The van der Waals surface area contributed by atoms with E-state index in [9.17, 15) is 0 Å². The highest BCUT2D eigenvalue weighted by Crippen LogP contribution is 2.25. The average Bonchev–Trinajstić information content (AvgIpc) is 2.70. The van der Waals surface area contributed by atoms with E-state index in [1.807, 2.05) is 19.9 Å². The van der Waals surface area contributed by atoms with Gasteiger partial charge in [-0.25, -0.2) is 4.98 Å². The Balaban J connectivity index is 1.61. The third-order valence-corrected chi connectivity index (χ3v) is 5.33. The summed E-state index contributed by atoms with van der Waals surface area (Å²) < 4.78 is 5.39. The summed E-state index contributed by atoms with van der Waals surface area (Å²) in [4.78, 5) is 9.04. The van der Waals surface area contributed by atoms with Crippen molar-refractivity contribution in [1.82, 2.24) is 9.88 Å². The number of thiocarbonyl (C=S) groups is 1. The van der Waals surface area contributed by atoms with Gasteiger partial charge in [0, 0.05) is 44.1 Å². The van der Waals surface area contributed by atoms with Crippen molar-refractivity contribution in [3.05, 3.63) is 47.2 Å². The molecule has 1 aromatic carbocycles. The van der Waals surface area contributed by atoms with Gasteiger partial charge < -0.3 is 25.6 Å². The van der Waals surface area contributed by atoms with Crippen molar-refractivity contribution in [2.24, 2.45) is 5.73 Å². The largest absolute Gasteiger partial charge is 0.480 e. The van der Waals surface area contributed by atoms with Crippen LogP contribution in [0, 0.1) is 13.8 Å². The van der Waals surface area contributed by atoms with Crippen LogP contribution in [0.4, 0.5) is 11.4 Å². The summed E-state index contributed by atoms with van der Waals surface area (Å²) in [5.74, 6) is 0.569. The minimum Gasteiger partial charge on any atom is -0.480 e. The standard InChI is InChI=1S/C20H27N5OS/c1-14-12-18(19(26-3)22-15(14)2)23-20(27)25-10-8-24(9-11-25)17-6-4-16(13-21)5-7-17/h4-7,12H,8-11,13,21H2,1-3H3,(H,23,27). The van der Waals surface area contributed by atoms with Crippen LogP contribution in [-0.2, 0) is 6.54 Å². The Morgan fingerprint density at radius 1 is 1.19 bits per heavy atom. The first-order valence-corrected chi connectivity index (χ1v) is 9.54. The SMILES string of the molecule is COc1nc(C)c(C)cc1NC(=S)N1CCN(c2ccc(CN)cc2)CC1. The molecule has 1 aliphatic heterocycles. The highest BCUT2D eigenvalue weighted by atomic mass is 32.1. The molecule has 0 spiro atoms. The number of methoxy groups -OCH3 is 1. The second-order valence-corrected chi connectivity index (χ2v) is 7.11. The summed E-state index contributed by atoms with van der Waals surface area (Å²) in [6.45, 7) is 8.16. The van der Waals surface area contributed by atoms with E-state index in [1.165, 1.54) is 5.69 Å². The van der Waals surface area contributed by atoms with E-state index in [0.29, 0.717) is 17.5 Å². The smallest absolute Gasteiger partial charge is 0.237 e. The third kappa shape index (κ3) is 4.48. The Kier molecular flexibility index (Phi) is 6.13. The van der Waals surface area contributed by atoms with Gasteiger partial charge in [0.1, 0.15) is 5.69 Å². The predicted molar refractivity (Wildman–Crippen MR) is 115 cm³/mol. The van der Waals surface area contributed by atoms with Crippen LogP contribution in [0.5, 0.6) is 5.88 Å². The van der Waals surface area contributed by atoms with Crippen molar-refractivity contribution in [3.63, 3.8) is 0 Å². The quantitative estimate of drug-likeness (QED) is 0.785. The van der Waals surface area contributed by atoms with Crippen LogP contribution in [0.15, 0.2) is 30.3 Å². The molecule has 3 rings (SSSR count). The number of nitrogens with zero attached hydrogens (tertiary/aromatic N) is 3. The minimum absolute atomic E-state index is 0.569. The number of anilines is 2. The van der Waals surface area contributed by atoms with Crippen molar-refractivity contribution in [2.45, 2.75) is 20.4 Å². The molecule has 144 valence electrons. The number of piperazine rings is 1. The second-order valence-electron chi connectivity index (χ2n) is 6.72. The molecule has 0 aliphatic carbocycles. The molecule has 0 radical (unpaired) electrons. The lowest BCUT2D eigenvalue weighted by Crippen LogP contribution is -2.50. The maximum Gasteiger partial charge on any atom is 0.237 e. The topological polar surface area (TPSA) is 66.7 Å². The fourth-order valence-corrected chi connectivity index (χ4v) is 3.43. The Bertz CT molecular complexity index is 801. The monoisotopic (exact) mass is 385 g/mol. The highest BCUT2D eigenvalue weighted by molar-refractivity contribution is 7.80. The van der Waals surface area contributed by atoms with Crippen molar-refractivity contribution in [1.29, 1.82) is 0 Å². The molecule has 3 N–H and O–H groups in total. The molecule has 6 nitrogen and oxygen atoms in total. The molecule has 0 atom stereocenters. The molecule has 1 aromatic heterocycles. The number of nitrogens with two attached hydrogens (primary N) is 1. The third-order valence-electron chi connectivity index (χ3n) is 4.97. The van der Waals surface area contributed by atoms with Crippen LogP contribution < -0.4 is 20.7 Å². The predicted octanol–water partition coefficient (Wildman–Crippen LogP) is 2.68. The number of rotatable bonds is 4. The zero-order valence-corrected chi connectivity index (χ0v) is 17.0. The number of hydrogen-bond donors (Lipinski definition) is 2. The maximum absolute atomic E-state index is 5.68. The molecule has 2 aromatic rings. The summed E-state index contributed by atoms with van der Waals surface area (Å²) in [6, 6.07) is 10.5. The van der Waals surface area contributed by atoms with Gasteiger partial charge in [0.25, 0.3) is 0 Å². The molecule has 7 heteroatoms. The summed E-state index contributed by atoms with van der Waals surface area (Å²) in [7, 11) is 1.63. The number of aryl methyl sites for hydroxylation is 2. The molecule has 0 saturated carbocycles. The van der Waals surface area contributed by atoms with E-state index in [4.69, 9.17) is 22.7 Å². The first-order valence-electron chi connectivity index (χ1n) is 9.14. The normalized spacial score (nSPS) is 14.2. The average molecular weight is 386 g/mol. The Morgan fingerprint density at radius 3 is 2.44 bits per heavy atom. The van der Waals surface area contributed by atoms with Crippen LogP contribution in [0.3, 0.4) is 0 Å². The molecule has 2 heterocycles. The summed E-state index contributed by atoms with van der Waals surface area (Å²) in [6.07, 6.45) is 0. The zero-order chi connectivity index (χ0) is 19.4. The first-order chi connectivity index (χ1) is 13.0. The minimum atomic E-state index is 0.569. The fraction of sp³-hybridized carbons (Fsp3) is 0.400. The van der Waals surface area contributed by atoms with Crippen LogP contribution in [0.2, 0.25) is 0 Å². The van der Waals surface area contributed by atoms with Crippen molar-refractivity contribution in [3.8, 4) is 5.88 Å². The van der Waals surface area contributed by atoms with Crippen molar-refractivity contribution in [2.75, 3.05) is 43.5 Å². The summed E-state index contributed by atoms with van der Waals surface area (Å²) >= 11 is 5.63. The molecule has 27 heavy (non-hydrogen) atoms. The van der Waals surface area contributed by atoms with E-state index in [1.54, 1.807) is 7.11 Å². The Hall–Kier alpha value is -2.38. The lowest BCUT2D eigenvalue weighted by atomic mass is 10.2. The van der Waals surface area contributed by atoms with Crippen LogP contribution in [0.25, 0.3) is 0 Å². The van der Waals surface area contributed by atoms with Gasteiger partial charge in [0.05, 0.1) is 7.11 Å². The second kappa shape index (κ2) is 8.54. The van der Waals surface area contributed by atoms with Gasteiger partial charge in [0.15, 0.2) is 5.11 Å². The van der Waals surface area contributed by atoms with Gasteiger partial charge in [-0.15, -0.1) is 0 Å². The van der Waals surface area contributed by atoms with E-state index in [2.05, 4.69) is 44.4 Å². The van der Waals surface area contributed by atoms with Gasteiger partial charge in [0.2, 0.25) is 5.88 Å². The lowest BCUT2D eigenvalue weighted by Gasteiger charge is -2.37. The lowest BCUT2D eigenvalue weighted by molar-refractivity contribution is 0.388. The number of nitrogens with one attached hydrogen (secondary N) is 1. The number of aromatic nitrogens is 1. The van der Waals surface area contributed by atoms with E-state index >= 15 is 0 Å². The van der Waals surface area contributed by atoms with Crippen molar-refractivity contribution < 1.29 is 4.74 Å². The zero-order valence-electron chi connectivity index (χ0n) is 16.2. The van der Waals surface area contributed by atoms with Gasteiger partial charge in [-0.2, -0.15) is 0 Å². The maximum atomic E-state index is 5.68. The number of pyridine rings is 1. The van der Waals surface area contributed by atoms with E-state index < -0.39 is 0 Å². The Labute approximate surface area is 166 Å². The summed E-state index contributed by atoms with van der Waals surface area (Å²) in [5.41, 5.74) is 10.9. The fourth-order valence-electron chi connectivity index (χ4n) is 3.13. The molecule has 1 fully saturated rings. The molecular formula is C20H27N5OS. The van der Waals surface area contributed by atoms with Gasteiger partial charge in [-0.3, -0.25) is 0 Å². The van der Waals surface area contributed by atoms with E-state index in [0.717, 1.165) is 48.7 Å². The number of ether oxygens (including phenoxy) is 1. The van der Waals surface area contributed by atoms with E-state index in [-0.39, 0.29) is 0 Å². The van der Waals surface area contributed by atoms with Gasteiger partial charge >= 0.3 is 0 Å². The molecule has 0 bridgehead atoms. The molecule has 0 amide bonds. The number of benzene rings is 1. The first kappa shape index (κ1) is 19.4.